The maximum absolute atomic E-state index is 5.54. The van der Waals surface area contributed by atoms with Gasteiger partial charge in [-0.1, -0.05) is 13.8 Å². The summed E-state index contributed by atoms with van der Waals surface area (Å²) >= 11 is 0. The Morgan fingerprint density at radius 3 is 2.76 bits per heavy atom. The molecule has 0 fully saturated rings. The molecular weight excluding hydrogens is 264 g/mol. The van der Waals surface area contributed by atoms with Gasteiger partial charge in [0, 0.05) is 25.5 Å². The van der Waals surface area contributed by atoms with E-state index in [0.717, 1.165) is 43.0 Å². The molecular formula is C16H26N4O. The molecule has 0 atom stereocenters. The minimum Gasteiger partial charge on any atom is -0.379 e. The number of unbranched alkanes of at least 4 members (excludes halogenated alkanes) is 1. The van der Waals surface area contributed by atoms with Gasteiger partial charge in [-0.3, -0.25) is 0 Å². The second-order valence-electron chi connectivity index (χ2n) is 5.88. The third kappa shape index (κ3) is 4.43. The maximum Gasteiger partial charge on any atom is 0.152 e. The summed E-state index contributed by atoms with van der Waals surface area (Å²) in [5, 5.41) is 7.97. The van der Waals surface area contributed by atoms with Gasteiger partial charge in [0.1, 0.15) is 5.52 Å². The lowest BCUT2D eigenvalue weighted by Crippen LogP contribution is -2.08. The van der Waals surface area contributed by atoms with E-state index in [9.17, 15) is 0 Å². The first-order valence-corrected chi connectivity index (χ1v) is 7.77. The molecule has 5 nitrogen and oxygen atoms in total. The van der Waals surface area contributed by atoms with Crippen LogP contribution in [0.2, 0.25) is 0 Å². The molecule has 2 heterocycles. The number of nitrogens with zero attached hydrogens (tertiary/aromatic N) is 3. The van der Waals surface area contributed by atoms with E-state index in [1.165, 1.54) is 0 Å². The monoisotopic (exact) mass is 290 g/mol. The molecule has 0 aliphatic heterocycles. The fourth-order valence-corrected chi connectivity index (χ4v) is 2.11. The van der Waals surface area contributed by atoms with Crippen molar-refractivity contribution < 1.29 is 4.74 Å². The molecule has 2 rings (SSSR count). The number of hydrogen-bond acceptors (Lipinski definition) is 4. The second kappa shape index (κ2) is 7.41. The number of nitrogens with one attached hydrogen (secondary N) is 1. The van der Waals surface area contributed by atoms with Gasteiger partial charge in [0.25, 0.3) is 0 Å². The van der Waals surface area contributed by atoms with Crippen LogP contribution >= 0.6 is 0 Å². The zero-order valence-corrected chi connectivity index (χ0v) is 13.5. The maximum atomic E-state index is 5.54. The van der Waals surface area contributed by atoms with Crippen LogP contribution in [-0.4, -0.2) is 33.9 Å². The lowest BCUT2D eigenvalue weighted by molar-refractivity contribution is 0.0765. The fourth-order valence-electron chi connectivity index (χ4n) is 2.11. The molecule has 5 heteroatoms. The summed E-state index contributed by atoms with van der Waals surface area (Å²) < 4.78 is 7.43. The molecule has 2 aromatic heterocycles. The minimum absolute atomic E-state index is 0.314. The normalized spacial score (nSPS) is 11.7. The van der Waals surface area contributed by atoms with Gasteiger partial charge in [-0.15, -0.1) is 0 Å². The fraction of sp³-hybridized carbons (Fsp3) is 0.625. The molecule has 0 aromatic carbocycles. The van der Waals surface area contributed by atoms with Crippen LogP contribution < -0.4 is 5.32 Å². The second-order valence-corrected chi connectivity index (χ2v) is 5.88. The third-order valence-corrected chi connectivity index (χ3v) is 3.32. The molecule has 0 aliphatic carbocycles. The van der Waals surface area contributed by atoms with Gasteiger partial charge in [0.05, 0.1) is 11.8 Å². The Morgan fingerprint density at radius 2 is 2.05 bits per heavy atom. The van der Waals surface area contributed by atoms with E-state index in [1.54, 1.807) is 6.20 Å². The van der Waals surface area contributed by atoms with E-state index in [4.69, 9.17) is 4.74 Å². The Bertz CT molecular complexity index is 562. The average molecular weight is 290 g/mol. The quantitative estimate of drug-likeness (QED) is 0.756. The van der Waals surface area contributed by atoms with Crippen molar-refractivity contribution in [2.24, 2.45) is 0 Å². The van der Waals surface area contributed by atoms with Crippen molar-refractivity contribution in [2.45, 2.75) is 52.6 Å². The van der Waals surface area contributed by atoms with Crippen LogP contribution in [0.1, 0.15) is 52.1 Å². The largest absolute Gasteiger partial charge is 0.379 e. The van der Waals surface area contributed by atoms with Crippen molar-refractivity contribution in [3.05, 3.63) is 24.2 Å². The Kier molecular flexibility index (Phi) is 5.56. The molecule has 2 aromatic rings. The smallest absolute Gasteiger partial charge is 0.152 e. The Balaban J connectivity index is 1.90. The van der Waals surface area contributed by atoms with Gasteiger partial charge >= 0.3 is 0 Å². The van der Waals surface area contributed by atoms with Crippen molar-refractivity contribution in [3.8, 4) is 0 Å². The highest BCUT2D eigenvalue weighted by molar-refractivity contribution is 5.67. The lowest BCUT2D eigenvalue weighted by atomic mass is 10.1. The Morgan fingerprint density at radius 1 is 1.24 bits per heavy atom. The zero-order chi connectivity index (χ0) is 15.2. The summed E-state index contributed by atoms with van der Waals surface area (Å²) in [6, 6.07) is 2.11. The van der Waals surface area contributed by atoms with Crippen LogP contribution in [0.25, 0.3) is 5.52 Å². The van der Waals surface area contributed by atoms with Gasteiger partial charge < -0.3 is 10.1 Å². The molecule has 0 bridgehead atoms. The number of rotatable bonds is 8. The SMILES string of the molecule is CC(C)OCCCCNc1nccn2nc(C(C)C)cc12. The number of ether oxygens (including phenoxy) is 1. The van der Waals surface area contributed by atoms with Crippen LogP contribution in [0.3, 0.4) is 0 Å². The van der Waals surface area contributed by atoms with E-state index in [2.05, 4.69) is 49.2 Å². The molecule has 21 heavy (non-hydrogen) atoms. The first-order chi connectivity index (χ1) is 10.1. The molecule has 0 unspecified atom stereocenters. The molecule has 0 saturated heterocycles. The highest BCUT2D eigenvalue weighted by Crippen LogP contribution is 2.19. The summed E-state index contributed by atoms with van der Waals surface area (Å²) in [6.45, 7) is 10.1. The van der Waals surface area contributed by atoms with Gasteiger partial charge in [-0.2, -0.15) is 5.10 Å². The minimum atomic E-state index is 0.314. The van der Waals surface area contributed by atoms with Crippen LogP contribution in [0.15, 0.2) is 18.5 Å². The summed E-state index contributed by atoms with van der Waals surface area (Å²) in [7, 11) is 0. The third-order valence-electron chi connectivity index (χ3n) is 3.32. The predicted molar refractivity (Wildman–Crippen MR) is 85.9 cm³/mol. The van der Waals surface area contributed by atoms with E-state index >= 15 is 0 Å². The summed E-state index contributed by atoms with van der Waals surface area (Å²) in [4.78, 5) is 4.42. The average Bonchev–Trinajstić information content (AvgIpc) is 2.87. The first-order valence-electron chi connectivity index (χ1n) is 7.77. The summed E-state index contributed by atoms with van der Waals surface area (Å²) in [5.74, 6) is 1.33. The number of hydrogen-bond donors (Lipinski definition) is 1. The number of aromatic nitrogens is 3. The van der Waals surface area contributed by atoms with E-state index in [-0.39, 0.29) is 0 Å². The molecule has 0 aliphatic rings. The highest BCUT2D eigenvalue weighted by atomic mass is 16.5. The summed E-state index contributed by atoms with van der Waals surface area (Å²) in [6.07, 6.45) is 6.12. The highest BCUT2D eigenvalue weighted by Gasteiger charge is 2.09. The standard InChI is InChI=1S/C16H26N4O/c1-12(2)14-11-15-16(18-8-9-20(15)19-14)17-7-5-6-10-21-13(3)4/h8-9,11-13H,5-7,10H2,1-4H3,(H,17,18). The topological polar surface area (TPSA) is 51.5 Å². The first kappa shape index (κ1) is 15.8. The predicted octanol–water partition coefficient (Wildman–Crippen LogP) is 3.47. The van der Waals surface area contributed by atoms with E-state index in [0.29, 0.717) is 12.0 Å². The van der Waals surface area contributed by atoms with Crippen molar-refractivity contribution >= 4 is 11.3 Å². The number of anilines is 1. The molecule has 0 spiro atoms. The van der Waals surface area contributed by atoms with Crippen molar-refractivity contribution in [2.75, 3.05) is 18.5 Å². The van der Waals surface area contributed by atoms with Crippen LogP contribution in [0.5, 0.6) is 0 Å². The molecule has 0 saturated carbocycles. The molecule has 0 amide bonds. The van der Waals surface area contributed by atoms with Crippen molar-refractivity contribution in [3.63, 3.8) is 0 Å². The van der Waals surface area contributed by atoms with Crippen molar-refractivity contribution in [1.82, 2.24) is 14.6 Å². The molecule has 116 valence electrons. The summed E-state index contributed by atoms with van der Waals surface area (Å²) in [5.41, 5.74) is 2.14. The van der Waals surface area contributed by atoms with Crippen LogP contribution in [-0.2, 0) is 4.74 Å². The number of fused-ring (bicyclic) bond motifs is 1. The van der Waals surface area contributed by atoms with Gasteiger partial charge in [0.15, 0.2) is 5.82 Å². The van der Waals surface area contributed by atoms with Crippen molar-refractivity contribution in [1.29, 1.82) is 0 Å². The van der Waals surface area contributed by atoms with Crippen LogP contribution in [0, 0.1) is 0 Å². The van der Waals surface area contributed by atoms with Gasteiger partial charge in [0.2, 0.25) is 0 Å². The molecule has 1 N–H and O–H groups in total. The zero-order valence-electron chi connectivity index (χ0n) is 13.5. The van der Waals surface area contributed by atoms with E-state index in [1.807, 2.05) is 10.7 Å². The van der Waals surface area contributed by atoms with Gasteiger partial charge in [-0.05, 0) is 38.7 Å². The van der Waals surface area contributed by atoms with Gasteiger partial charge in [-0.25, -0.2) is 9.50 Å². The molecule has 0 radical (unpaired) electrons. The van der Waals surface area contributed by atoms with Crippen LogP contribution in [0.4, 0.5) is 5.82 Å². The Labute approximate surface area is 126 Å². The lowest BCUT2D eigenvalue weighted by Gasteiger charge is -2.08. The van der Waals surface area contributed by atoms with E-state index < -0.39 is 0 Å². The Hall–Kier alpha value is -1.62.